The van der Waals surface area contributed by atoms with Crippen LogP contribution >= 0.6 is 0 Å². The van der Waals surface area contributed by atoms with E-state index in [1.165, 1.54) is 30.3 Å². The number of nitriles is 1. The number of carbonyl (C=O) groups is 2. The monoisotopic (exact) mass is 363 g/mol. The first-order valence-corrected chi connectivity index (χ1v) is 8.21. The van der Waals surface area contributed by atoms with E-state index in [4.69, 9.17) is 15.7 Å². The quantitative estimate of drug-likeness (QED) is 0.408. The molecule has 27 heavy (non-hydrogen) atoms. The number of carbonyl (C=O) groups excluding carboxylic acids is 2. The summed E-state index contributed by atoms with van der Waals surface area (Å²) >= 11 is 0. The SMILES string of the molecule is N#Cc1ccc(C(O)(C(N)=O)c2ccccc2)c(OC(=O)C2C=CCN2)c1. The fourth-order valence-corrected chi connectivity index (χ4v) is 2.89. The van der Waals surface area contributed by atoms with Crippen LogP contribution in [0.4, 0.5) is 0 Å². The van der Waals surface area contributed by atoms with Crippen LogP contribution in [0.25, 0.3) is 0 Å². The van der Waals surface area contributed by atoms with E-state index in [9.17, 15) is 14.7 Å². The number of benzene rings is 2. The topological polar surface area (TPSA) is 125 Å². The highest BCUT2D eigenvalue weighted by Crippen LogP contribution is 2.36. The van der Waals surface area contributed by atoms with E-state index in [0.29, 0.717) is 6.54 Å². The van der Waals surface area contributed by atoms with Gasteiger partial charge in [0.05, 0.1) is 11.6 Å². The maximum absolute atomic E-state index is 12.4. The van der Waals surface area contributed by atoms with Crippen molar-refractivity contribution in [1.29, 1.82) is 5.26 Å². The van der Waals surface area contributed by atoms with E-state index in [0.717, 1.165) is 0 Å². The molecule has 3 rings (SSSR count). The lowest BCUT2D eigenvalue weighted by atomic mass is 9.84. The van der Waals surface area contributed by atoms with E-state index >= 15 is 0 Å². The summed E-state index contributed by atoms with van der Waals surface area (Å²) in [5, 5.41) is 23.2. The number of hydrogen-bond acceptors (Lipinski definition) is 6. The second-order valence-corrected chi connectivity index (χ2v) is 6.00. The fraction of sp³-hybridized carbons (Fsp3) is 0.150. The number of amides is 1. The third-order valence-electron chi connectivity index (χ3n) is 4.30. The smallest absolute Gasteiger partial charge is 0.332 e. The van der Waals surface area contributed by atoms with Crippen LogP contribution in [0.1, 0.15) is 16.7 Å². The Labute approximate surface area is 155 Å². The number of aliphatic hydroxyl groups is 1. The Balaban J connectivity index is 2.10. The molecule has 1 aliphatic heterocycles. The van der Waals surface area contributed by atoms with Crippen molar-refractivity contribution in [3.05, 3.63) is 77.4 Å². The first-order chi connectivity index (χ1) is 13.0. The van der Waals surface area contributed by atoms with Gasteiger partial charge in [-0.15, -0.1) is 0 Å². The van der Waals surface area contributed by atoms with Gasteiger partial charge in [-0.1, -0.05) is 48.6 Å². The average Bonchev–Trinajstić information content (AvgIpc) is 3.23. The number of ether oxygens (including phenoxy) is 1. The van der Waals surface area contributed by atoms with Gasteiger partial charge < -0.3 is 15.6 Å². The minimum absolute atomic E-state index is 0.0180. The van der Waals surface area contributed by atoms with Crippen LogP contribution in [-0.2, 0) is 15.2 Å². The largest absolute Gasteiger partial charge is 0.425 e. The molecule has 2 aromatic carbocycles. The van der Waals surface area contributed by atoms with Gasteiger partial charge in [-0.2, -0.15) is 5.26 Å². The van der Waals surface area contributed by atoms with Crippen LogP contribution in [0.15, 0.2) is 60.7 Å². The zero-order valence-corrected chi connectivity index (χ0v) is 14.3. The number of esters is 1. The van der Waals surface area contributed by atoms with Crippen molar-refractivity contribution in [2.45, 2.75) is 11.6 Å². The van der Waals surface area contributed by atoms with Crippen molar-refractivity contribution in [1.82, 2.24) is 5.32 Å². The van der Waals surface area contributed by atoms with E-state index in [1.54, 1.807) is 30.4 Å². The molecule has 0 saturated heterocycles. The summed E-state index contributed by atoms with van der Waals surface area (Å²) in [6, 6.07) is 13.4. The molecule has 1 aliphatic rings. The molecule has 0 fully saturated rings. The highest BCUT2D eigenvalue weighted by atomic mass is 16.5. The van der Waals surface area contributed by atoms with E-state index in [2.05, 4.69) is 5.32 Å². The molecule has 4 N–H and O–H groups in total. The van der Waals surface area contributed by atoms with Gasteiger partial charge in [0.25, 0.3) is 5.91 Å². The van der Waals surface area contributed by atoms with E-state index < -0.39 is 23.5 Å². The third kappa shape index (κ3) is 3.44. The third-order valence-corrected chi connectivity index (χ3v) is 4.30. The summed E-state index contributed by atoms with van der Waals surface area (Å²) in [5.41, 5.74) is 3.68. The van der Waals surface area contributed by atoms with E-state index in [1.807, 2.05) is 6.07 Å². The standard InChI is InChI=1S/C20H17N3O4/c21-12-13-8-9-15(17(11-13)27-18(24)16-7-4-10-23-16)20(26,19(22)25)14-5-2-1-3-6-14/h1-9,11,16,23,26H,10H2,(H2,22,25). The van der Waals surface area contributed by atoms with Crippen molar-refractivity contribution in [3.8, 4) is 11.8 Å². The summed E-state index contributed by atoms with van der Waals surface area (Å²) in [6.07, 6.45) is 3.43. The zero-order valence-electron chi connectivity index (χ0n) is 14.3. The van der Waals surface area contributed by atoms with Crippen LogP contribution in [-0.4, -0.2) is 29.6 Å². The first-order valence-electron chi connectivity index (χ1n) is 8.21. The van der Waals surface area contributed by atoms with Crippen LogP contribution in [0.2, 0.25) is 0 Å². The molecule has 0 spiro atoms. The van der Waals surface area contributed by atoms with Gasteiger partial charge >= 0.3 is 5.97 Å². The second-order valence-electron chi connectivity index (χ2n) is 6.00. The number of rotatable bonds is 5. The number of nitrogens with two attached hydrogens (primary N) is 1. The summed E-state index contributed by atoms with van der Waals surface area (Å²) in [7, 11) is 0. The number of primary amides is 1. The minimum atomic E-state index is -2.23. The molecule has 1 amide bonds. The molecule has 2 unspecified atom stereocenters. The Morgan fingerprint density at radius 2 is 2.00 bits per heavy atom. The molecule has 2 atom stereocenters. The van der Waals surface area contributed by atoms with Gasteiger partial charge in [0.1, 0.15) is 11.8 Å². The van der Waals surface area contributed by atoms with Crippen molar-refractivity contribution < 1.29 is 19.4 Å². The van der Waals surface area contributed by atoms with Gasteiger partial charge in [0, 0.05) is 12.1 Å². The molecule has 2 aromatic rings. The van der Waals surface area contributed by atoms with Crippen molar-refractivity contribution in [3.63, 3.8) is 0 Å². The highest BCUT2D eigenvalue weighted by Gasteiger charge is 2.41. The summed E-state index contributed by atoms with van der Waals surface area (Å²) < 4.78 is 5.42. The molecular weight excluding hydrogens is 346 g/mol. The highest BCUT2D eigenvalue weighted by molar-refractivity contribution is 5.90. The Kier molecular flexibility index (Phi) is 5.03. The number of nitrogens with zero attached hydrogens (tertiary/aromatic N) is 1. The lowest BCUT2D eigenvalue weighted by Gasteiger charge is -2.27. The molecule has 0 aromatic heterocycles. The minimum Gasteiger partial charge on any atom is -0.425 e. The molecule has 7 nitrogen and oxygen atoms in total. The van der Waals surface area contributed by atoms with Crippen molar-refractivity contribution >= 4 is 11.9 Å². The van der Waals surface area contributed by atoms with Gasteiger partial charge in [0.2, 0.25) is 0 Å². The molecule has 0 saturated carbocycles. The normalized spacial score (nSPS) is 17.7. The summed E-state index contributed by atoms with van der Waals surface area (Å²) in [6.45, 7) is 0.528. The van der Waals surface area contributed by atoms with Gasteiger partial charge in [-0.3, -0.25) is 10.1 Å². The maximum Gasteiger partial charge on any atom is 0.332 e. The number of hydrogen-bond donors (Lipinski definition) is 3. The van der Waals surface area contributed by atoms with Crippen molar-refractivity contribution in [2.24, 2.45) is 5.73 Å². The molecule has 0 aliphatic carbocycles. The number of nitrogens with one attached hydrogen (secondary N) is 1. The van der Waals surface area contributed by atoms with Crippen LogP contribution in [0, 0.1) is 11.3 Å². The summed E-state index contributed by atoms with van der Waals surface area (Å²) in [4.78, 5) is 24.6. The molecule has 0 bridgehead atoms. The predicted octanol–water partition coefficient (Wildman–Crippen LogP) is 0.713. The maximum atomic E-state index is 12.4. The lowest BCUT2D eigenvalue weighted by Crippen LogP contribution is -2.43. The Hall–Kier alpha value is -3.47. The van der Waals surface area contributed by atoms with Crippen LogP contribution < -0.4 is 15.8 Å². The first kappa shape index (κ1) is 18.3. The molecule has 1 heterocycles. The van der Waals surface area contributed by atoms with Crippen LogP contribution in [0.3, 0.4) is 0 Å². The Bertz CT molecular complexity index is 949. The lowest BCUT2D eigenvalue weighted by molar-refractivity contribution is -0.137. The van der Waals surface area contributed by atoms with Gasteiger partial charge in [-0.05, 0) is 17.7 Å². The van der Waals surface area contributed by atoms with Crippen molar-refractivity contribution in [2.75, 3.05) is 6.54 Å². The fourth-order valence-electron chi connectivity index (χ4n) is 2.89. The predicted molar refractivity (Wildman–Crippen MR) is 96.4 cm³/mol. The Morgan fingerprint density at radius 3 is 2.59 bits per heavy atom. The molecule has 0 radical (unpaired) electrons. The zero-order chi connectivity index (χ0) is 19.4. The molecular formula is C20H17N3O4. The average molecular weight is 363 g/mol. The van der Waals surface area contributed by atoms with Crippen LogP contribution in [0.5, 0.6) is 5.75 Å². The molecule has 136 valence electrons. The summed E-state index contributed by atoms with van der Waals surface area (Å²) in [5.74, 6) is -1.76. The van der Waals surface area contributed by atoms with Gasteiger partial charge in [0.15, 0.2) is 5.60 Å². The van der Waals surface area contributed by atoms with E-state index in [-0.39, 0.29) is 22.4 Å². The Morgan fingerprint density at radius 1 is 1.26 bits per heavy atom. The van der Waals surface area contributed by atoms with Gasteiger partial charge in [-0.25, -0.2) is 4.79 Å². The molecule has 7 heteroatoms. The second kappa shape index (κ2) is 7.41.